The van der Waals surface area contributed by atoms with Crippen LogP contribution in [0.3, 0.4) is 0 Å². The van der Waals surface area contributed by atoms with Crippen LogP contribution >= 0.6 is 0 Å². The Morgan fingerprint density at radius 1 is 1.22 bits per heavy atom. The molecule has 0 aromatic heterocycles. The summed E-state index contributed by atoms with van der Waals surface area (Å²) in [6.45, 7) is 11.0. The van der Waals surface area contributed by atoms with Gasteiger partial charge in [-0.2, -0.15) is 0 Å². The number of fused-ring (bicyclic) bond motifs is 2. The number of hydrogen-bond acceptors (Lipinski definition) is 2. The van der Waals surface area contributed by atoms with Crippen molar-refractivity contribution >= 4 is 17.4 Å². The minimum atomic E-state index is -0.543. The van der Waals surface area contributed by atoms with Gasteiger partial charge in [0.25, 0.3) is 0 Å². The van der Waals surface area contributed by atoms with Crippen LogP contribution in [0.4, 0.5) is 5.69 Å². The molecule has 0 aliphatic heterocycles. The van der Waals surface area contributed by atoms with Crippen LogP contribution in [-0.2, 0) is 9.59 Å². The Kier molecular flexibility index (Phi) is 3.48. The number of ketones is 1. The van der Waals surface area contributed by atoms with Gasteiger partial charge in [-0.05, 0) is 49.8 Å². The van der Waals surface area contributed by atoms with Crippen LogP contribution in [0, 0.1) is 23.2 Å². The molecule has 3 rings (SSSR count). The molecule has 0 heterocycles. The maximum absolute atomic E-state index is 13.5. The molecule has 3 nitrogen and oxygen atoms in total. The van der Waals surface area contributed by atoms with Crippen LogP contribution < -0.4 is 4.90 Å². The first-order valence-electron chi connectivity index (χ1n) is 8.61. The van der Waals surface area contributed by atoms with Gasteiger partial charge in [-0.3, -0.25) is 9.59 Å². The highest BCUT2D eigenvalue weighted by molar-refractivity contribution is 6.05. The van der Waals surface area contributed by atoms with Crippen LogP contribution in [0.5, 0.6) is 0 Å². The summed E-state index contributed by atoms with van der Waals surface area (Å²) in [7, 11) is 0. The number of amides is 1. The van der Waals surface area contributed by atoms with E-state index < -0.39 is 5.41 Å². The Labute approximate surface area is 139 Å². The predicted molar refractivity (Wildman–Crippen MR) is 92.4 cm³/mol. The molecule has 2 bridgehead atoms. The number of benzene rings is 1. The maximum Gasteiger partial charge on any atom is 0.234 e. The molecule has 2 unspecified atom stereocenters. The highest BCUT2D eigenvalue weighted by Gasteiger charge is 2.73. The minimum Gasteiger partial charge on any atom is -0.312 e. The van der Waals surface area contributed by atoms with Gasteiger partial charge in [0.05, 0.1) is 5.41 Å². The lowest BCUT2D eigenvalue weighted by atomic mass is 9.64. The van der Waals surface area contributed by atoms with Crippen LogP contribution in [-0.4, -0.2) is 18.2 Å². The van der Waals surface area contributed by atoms with Crippen LogP contribution in [0.2, 0.25) is 0 Å². The van der Waals surface area contributed by atoms with Gasteiger partial charge in [-0.1, -0.05) is 32.9 Å². The molecule has 23 heavy (non-hydrogen) atoms. The van der Waals surface area contributed by atoms with E-state index >= 15 is 0 Å². The van der Waals surface area contributed by atoms with Crippen molar-refractivity contribution < 1.29 is 9.59 Å². The second-order valence-corrected chi connectivity index (χ2v) is 8.03. The van der Waals surface area contributed by atoms with Crippen LogP contribution in [0.25, 0.3) is 0 Å². The predicted octanol–water partition coefficient (Wildman–Crippen LogP) is 4.13. The van der Waals surface area contributed by atoms with Crippen molar-refractivity contribution in [3.63, 3.8) is 0 Å². The molecule has 0 spiro atoms. The fourth-order valence-electron chi connectivity index (χ4n) is 4.83. The van der Waals surface area contributed by atoms with Gasteiger partial charge in [0.15, 0.2) is 0 Å². The quantitative estimate of drug-likeness (QED) is 0.841. The van der Waals surface area contributed by atoms with Gasteiger partial charge in [0, 0.05) is 24.1 Å². The summed E-state index contributed by atoms with van der Waals surface area (Å²) >= 11 is 0. The highest BCUT2D eigenvalue weighted by Crippen LogP contribution is 2.71. The summed E-state index contributed by atoms with van der Waals surface area (Å²) in [5.74, 6) is 0.396. The number of Topliss-reactive ketones (excluding diaryl/α,β-unsaturated/α-hetero) is 1. The lowest BCUT2D eigenvalue weighted by Gasteiger charge is -2.41. The number of carbonyl (C=O) groups is 2. The van der Waals surface area contributed by atoms with E-state index in [9.17, 15) is 9.59 Å². The molecule has 0 radical (unpaired) electrons. The lowest BCUT2D eigenvalue weighted by molar-refractivity contribution is -0.134. The molecule has 2 aliphatic rings. The third kappa shape index (κ3) is 1.88. The van der Waals surface area contributed by atoms with Crippen molar-refractivity contribution in [2.24, 2.45) is 16.2 Å². The Morgan fingerprint density at radius 2 is 1.91 bits per heavy atom. The summed E-state index contributed by atoms with van der Waals surface area (Å²) in [4.78, 5) is 28.0. The largest absolute Gasteiger partial charge is 0.312 e. The molecule has 1 amide bonds. The lowest BCUT2D eigenvalue weighted by Crippen LogP contribution is -2.49. The van der Waals surface area contributed by atoms with E-state index in [2.05, 4.69) is 26.8 Å². The molecule has 0 saturated heterocycles. The molecule has 2 aliphatic carbocycles. The summed E-state index contributed by atoms with van der Waals surface area (Å²) < 4.78 is 0. The van der Waals surface area contributed by atoms with Crippen molar-refractivity contribution in [3.05, 3.63) is 29.8 Å². The smallest absolute Gasteiger partial charge is 0.234 e. The zero-order chi connectivity index (χ0) is 17.0. The molecule has 1 aromatic carbocycles. The number of anilines is 1. The normalized spacial score (nSPS) is 31.4. The Morgan fingerprint density at radius 3 is 2.39 bits per heavy atom. The van der Waals surface area contributed by atoms with Gasteiger partial charge in [0.1, 0.15) is 5.78 Å². The van der Waals surface area contributed by atoms with E-state index in [1.165, 1.54) is 0 Å². The molecule has 3 heteroatoms. The summed E-state index contributed by atoms with van der Waals surface area (Å²) in [6.07, 6.45) is 2.05. The number of hydrogen-bond donors (Lipinski definition) is 0. The van der Waals surface area contributed by atoms with Crippen molar-refractivity contribution in [1.82, 2.24) is 0 Å². The molecular formula is C20H27NO2. The third-order valence-corrected chi connectivity index (χ3v) is 6.99. The van der Waals surface area contributed by atoms with Crippen LogP contribution in [0.1, 0.15) is 52.5 Å². The SMILES string of the molecule is CCN(C(=O)C12CCC(C)(C(=O)C1)C2(C)C)c1cccc(C)c1. The maximum atomic E-state index is 13.5. The Balaban J connectivity index is 2.04. The zero-order valence-electron chi connectivity index (χ0n) is 14.9. The summed E-state index contributed by atoms with van der Waals surface area (Å²) in [5.41, 5.74) is 0.901. The first kappa shape index (κ1) is 16.2. The summed E-state index contributed by atoms with van der Waals surface area (Å²) in [6, 6.07) is 8.07. The highest BCUT2D eigenvalue weighted by atomic mass is 16.2. The molecule has 124 valence electrons. The molecular weight excluding hydrogens is 286 g/mol. The topological polar surface area (TPSA) is 37.4 Å². The van der Waals surface area contributed by atoms with Gasteiger partial charge < -0.3 is 4.90 Å². The van der Waals surface area contributed by atoms with E-state index in [4.69, 9.17) is 0 Å². The first-order valence-corrected chi connectivity index (χ1v) is 8.61. The molecule has 2 fully saturated rings. The second kappa shape index (κ2) is 4.93. The number of aryl methyl sites for hydroxylation is 1. The molecule has 1 aromatic rings. The van der Waals surface area contributed by atoms with E-state index in [-0.39, 0.29) is 22.5 Å². The molecule has 0 N–H and O–H groups in total. The monoisotopic (exact) mass is 313 g/mol. The third-order valence-electron chi connectivity index (χ3n) is 6.99. The number of carbonyl (C=O) groups excluding carboxylic acids is 2. The van der Waals surface area contributed by atoms with Crippen molar-refractivity contribution in [2.45, 2.75) is 53.9 Å². The van der Waals surface area contributed by atoms with E-state index in [0.29, 0.717) is 13.0 Å². The standard InChI is InChI=1S/C20H27NO2/c1-6-21(15-9-7-8-14(2)12-15)17(23)20-11-10-19(5,16(22)13-20)18(20,3)4/h7-9,12H,6,10-11,13H2,1-5H3. The Hall–Kier alpha value is -1.64. The number of nitrogens with zero attached hydrogens (tertiary/aromatic N) is 1. The summed E-state index contributed by atoms with van der Waals surface area (Å²) in [5, 5.41) is 0. The average molecular weight is 313 g/mol. The van der Waals surface area contributed by atoms with Gasteiger partial charge in [0.2, 0.25) is 5.91 Å². The second-order valence-electron chi connectivity index (χ2n) is 8.03. The Bertz CT molecular complexity index is 678. The van der Waals surface area contributed by atoms with Crippen molar-refractivity contribution in [3.8, 4) is 0 Å². The fourth-order valence-corrected chi connectivity index (χ4v) is 4.83. The van der Waals surface area contributed by atoms with Gasteiger partial charge in [-0.25, -0.2) is 0 Å². The van der Waals surface area contributed by atoms with Crippen LogP contribution in [0.15, 0.2) is 24.3 Å². The molecule has 2 saturated carbocycles. The van der Waals surface area contributed by atoms with E-state index in [0.717, 1.165) is 24.1 Å². The number of rotatable bonds is 3. The van der Waals surface area contributed by atoms with E-state index in [1.54, 1.807) is 0 Å². The molecule has 2 atom stereocenters. The fraction of sp³-hybridized carbons (Fsp3) is 0.600. The van der Waals surface area contributed by atoms with Gasteiger partial charge >= 0.3 is 0 Å². The van der Waals surface area contributed by atoms with E-state index in [1.807, 2.05) is 36.9 Å². The van der Waals surface area contributed by atoms with Gasteiger partial charge in [-0.15, -0.1) is 0 Å². The minimum absolute atomic E-state index is 0.130. The average Bonchev–Trinajstić information content (AvgIpc) is 2.78. The van der Waals surface area contributed by atoms with Crippen molar-refractivity contribution in [2.75, 3.05) is 11.4 Å². The zero-order valence-corrected chi connectivity index (χ0v) is 14.9. The van der Waals surface area contributed by atoms with Crippen molar-refractivity contribution in [1.29, 1.82) is 0 Å². The first-order chi connectivity index (χ1) is 10.7.